The minimum absolute atomic E-state index is 0. The summed E-state index contributed by atoms with van der Waals surface area (Å²) in [5, 5.41) is 3.89. The molecule has 2 aromatic carbocycles. The van der Waals surface area contributed by atoms with Gasteiger partial charge in [0, 0.05) is 22.2 Å². The Morgan fingerprint density at radius 3 is 2.68 bits per heavy atom. The molecular weight excluding hydrogens is 338 g/mol. The molecule has 3 rings (SSSR count). The summed E-state index contributed by atoms with van der Waals surface area (Å²) in [7, 11) is 0. The van der Waals surface area contributed by atoms with Crippen LogP contribution in [0.4, 0.5) is 11.6 Å². The number of nitrogens with one attached hydrogen (secondary N) is 1. The second-order valence-corrected chi connectivity index (χ2v) is 6.38. The predicted octanol–water partition coefficient (Wildman–Crippen LogP) is 4.03. The predicted molar refractivity (Wildman–Crippen MR) is 98.9 cm³/mol. The molecule has 0 fully saturated rings. The van der Waals surface area contributed by atoms with Crippen LogP contribution in [0, 0.1) is 0 Å². The summed E-state index contributed by atoms with van der Waals surface area (Å²) in [6.07, 6.45) is 1.73. The van der Waals surface area contributed by atoms with Gasteiger partial charge >= 0.3 is 0 Å². The quantitative estimate of drug-likeness (QED) is 0.693. The zero-order valence-electron chi connectivity index (χ0n) is 13.2. The summed E-state index contributed by atoms with van der Waals surface area (Å²) in [4.78, 5) is 8.96. The highest BCUT2D eigenvalue weighted by molar-refractivity contribution is 7.79. The lowest BCUT2D eigenvalue weighted by atomic mass is 10.2. The molecule has 0 saturated heterocycles. The van der Waals surface area contributed by atoms with E-state index in [1.807, 2.05) is 32.0 Å². The normalized spacial score (nSPS) is 11.8. The van der Waals surface area contributed by atoms with Crippen LogP contribution in [0.1, 0.15) is 21.3 Å². The minimum atomic E-state index is -2.28. The number of anilines is 2. The number of aromatic nitrogens is 2. The third kappa shape index (κ3) is 4.52. The fourth-order valence-corrected chi connectivity index (χ4v) is 2.66. The number of rotatable bonds is 5. The van der Waals surface area contributed by atoms with E-state index in [0.717, 1.165) is 5.39 Å². The Morgan fingerprint density at radius 1 is 1.20 bits per heavy atom. The maximum absolute atomic E-state index is 11.1. The average molecular weight is 358 g/mol. The third-order valence-corrected chi connectivity index (χ3v) is 3.86. The van der Waals surface area contributed by atoms with Gasteiger partial charge < -0.3 is 14.6 Å². The van der Waals surface area contributed by atoms with Crippen LogP contribution in [0.5, 0.6) is 5.75 Å². The number of fused-ring (bicyclic) bond motifs is 1. The Hall–Kier alpha value is -2.51. The van der Waals surface area contributed by atoms with Crippen molar-refractivity contribution in [2.45, 2.75) is 32.3 Å². The highest BCUT2D eigenvalue weighted by Crippen LogP contribution is 2.26. The molecule has 1 atom stereocenters. The molecule has 0 radical (unpaired) electrons. The fourth-order valence-electron chi connectivity index (χ4n) is 2.24. The van der Waals surface area contributed by atoms with Gasteiger partial charge in [0.25, 0.3) is 0 Å². The van der Waals surface area contributed by atoms with E-state index < -0.39 is 11.1 Å². The number of para-hydroxylation sites is 1. The van der Waals surface area contributed by atoms with Crippen molar-refractivity contribution < 1.29 is 13.5 Å². The van der Waals surface area contributed by atoms with Crippen LogP contribution >= 0.6 is 0 Å². The molecule has 0 aliphatic carbocycles. The van der Waals surface area contributed by atoms with Gasteiger partial charge in [0.15, 0.2) is 0 Å². The SMILES string of the molecule is C.CC(C)Oc1cccc2cnc(Nc3cccc(S(=O)[O-])c3)nc12. The zero-order valence-corrected chi connectivity index (χ0v) is 14.0. The first-order valence-electron chi connectivity index (χ1n) is 7.42. The number of nitrogens with zero attached hydrogens (tertiary/aromatic N) is 2. The first-order chi connectivity index (χ1) is 11.5. The molecule has 1 heterocycles. The lowest BCUT2D eigenvalue weighted by molar-refractivity contribution is 0.245. The van der Waals surface area contributed by atoms with E-state index >= 15 is 0 Å². The second-order valence-electron chi connectivity index (χ2n) is 5.44. The average Bonchev–Trinajstić information content (AvgIpc) is 2.55. The topological polar surface area (TPSA) is 87.2 Å². The molecule has 1 unspecified atom stereocenters. The van der Waals surface area contributed by atoms with E-state index in [0.29, 0.717) is 22.9 Å². The molecule has 0 saturated carbocycles. The standard InChI is InChI=1S/C17H17N3O3S.CH4/c1-11(2)23-15-8-3-5-12-10-18-17(20-16(12)15)19-13-6-4-7-14(9-13)24(21)22;/h3-11H,1-2H3,(H,21,22)(H,18,19,20);1H4/p-1. The fraction of sp³-hybridized carbons (Fsp3) is 0.222. The summed E-state index contributed by atoms with van der Waals surface area (Å²) in [5.41, 5.74) is 1.30. The van der Waals surface area contributed by atoms with Crippen molar-refractivity contribution in [3.8, 4) is 5.75 Å². The minimum Gasteiger partial charge on any atom is -0.768 e. The third-order valence-electron chi connectivity index (χ3n) is 3.22. The Labute approximate surface area is 149 Å². The van der Waals surface area contributed by atoms with Crippen LogP contribution in [0.25, 0.3) is 10.9 Å². The number of benzene rings is 2. The molecule has 0 aliphatic rings. The summed E-state index contributed by atoms with van der Waals surface area (Å²) in [6, 6.07) is 12.1. The van der Waals surface area contributed by atoms with Gasteiger partial charge in [0.05, 0.1) is 6.10 Å². The van der Waals surface area contributed by atoms with Gasteiger partial charge in [-0.05, 0) is 49.2 Å². The van der Waals surface area contributed by atoms with Crippen LogP contribution in [0.2, 0.25) is 0 Å². The van der Waals surface area contributed by atoms with Crippen LogP contribution in [0.15, 0.2) is 53.6 Å². The Morgan fingerprint density at radius 2 is 1.96 bits per heavy atom. The first kappa shape index (κ1) is 18.8. The molecule has 1 N–H and O–H groups in total. The van der Waals surface area contributed by atoms with Gasteiger partial charge in [-0.2, -0.15) is 0 Å². The van der Waals surface area contributed by atoms with Crippen molar-refractivity contribution in [3.63, 3.8) is 0 Å². The van der Waals surface area contributed by atoms with Gasteiger partial charge in [-0.1, -0.05) is 25.6 Å². The van der Waals surface area contributed by atoms with E-state index in [-0.39, 0.29) is 18.4 Å². The van der Waals surface area contributed by atoms with Gasteiger partial charge in [-0.25, -0.2) is 9.97 Å². The van der Waals surface area contributed by atoms with E-state index in [9.17, 15) is 8.76 Å². The van der Waals surface area contributed by atoms with Gasteiger partial charge in [0.1, 0.15) is 11.3 Å². The Balaban J connectivity index is 0.00000225. The molecule has 3 aromatic rings. The molecule has 6 nitrogen and oxygen atoms in total. The maximum Gasteiger partial charge on any atom is 0.227 e. The van der Waals surface area contributed by atoms with E-state index in [1.54, 1.807) is 18.3 Å². The van der Waals surface area contributed by atoms with Crippen molar-refractivity contribution in [3.05, 3.63) is 48.7 Å². The Bertz CT molecular complexity index is 900. The van der Waals surface area contributed by atoms with Crippen molar-refractivity contribution in [1.82, 2.24) is 9.97 Å². The highest BCUT2D eigenvalue weighted by atomic mass is 32.2. The number of ether oxygens (including phenoxy) is 1. The van der Waals surface area contributed by atoms with Crippen LogP contribution in [-0.4, -0.2) is 24.8 Å². The van der Waals surface area contributed by atoms with Crippen LogP contribution in [-0.2, 0) is 11.1 Å². The number of hydrogen-bond acceptors (Lipinski definition) is 6. The van der Waals surface area contributed by atoms with Crippen molar-refractivity contribution in [2.24, 2.45) is 0 Å². The van der Waals surface area contributed by atoms with Crippen molar-refractivity contribution in [2.75, 3.05) is 5.32 Å². The smallest absolute Gasteiger partial charge is 0.227 e. The lowest BCUT2D eigenvalue weighted by Crippen LogP contribution is -2.06. The van der Waals surface area contributed by atoms with Crippen LogP contribution < -0.4 is 10.1 Å². The van der Waals surface area contributed by atoms with Gasteiger partial charge in [-0.15, -0.1) is 0 Å². The molecule has 7 heteroatoms. The molecule has 0 amide bonds. The second kappa shape index (κ2) is 8.04. The molecule has 132 valence electrons. The molecule has 0 spiro atoms. The van der Waals surface area contributed by atoms with E-state index in [2.05, 4.69) is 15.3 Å². The monoisotopic (exact) mass is 358 g/mol. The zero-order chi connectivity index (χ0) is 17.1. The molecule has 25 heavy (non-hydrogen) atoms. The highest BCUT2D eigenvalue weighted by Gasteiger charge is 2.08. The summed E-state index contributed by atoms with van der Waals surface area (Å²) < 4.78 is 27.9. The number of hydrogen-bond donors (Lipinski definition) is 1. The molecular formula is C18H20N3O3S-. The van der Waals surface area contributed by atoms with Gasteiger partial charge in [-0.3, -0.25) is 4.21 Å². The summed E-state index contributed by atoms with van der Waals surface area (Å²) in [5.74, 6) is 1.05. The van der Waals surface area contributed by atoms with Crippen molar-refractivity contribution in [1.29, 1.82) is 0 Å². The summed E-state index contributed by atoms with van der Waals surface area (Å²) >= 11 is -2.28. The molecule has 1 aromatic heterocycles. The van der Waals surface area contributed by atoms with E-state index in [1.165, 1.54) is 12.1 Å². The van der Waals surface area contributed by atoms with Crippen LogP contribution in [0.3, 0.4) is 0 Å². The molecule has 0 bridgehead atoms. The lowest BCUT2D eigenvalue weighted by Gasteiger charge is -2.13. The van der Waals surface area contributed by atoms with Gasteiger partial charge in [0.2, 0.25) is 5.95 Å². The maximum atomic E-state index is 11.1. The Kier molecular flexibility index (Phi) is 6.06. The summed E-state index contributed by atoms with van der Waals surface area (Å²) in [6.45, 7) is 3.90. The first-order valence-corrected chi connectivity index (χ1v) is 8.49. The molecule has 0 aliphatic heterocycles. The largest absolute Gasteiger partial charge is 0.768 e. The van der Waals surface area contributed by atoms with Crippen molar-refractivity contribution >= 4 is 33.6 Å². The van der Waals surface area contributed by atoms with E-state index in [4.69, 9.17) is 4.74 Å².